The summed E-state index contributed by atoms with van der Waals surface area (Å²) in [6.07, 6.45) is 3.50. The van der Waals surface area contributed by atoms with Crippen molar-refractivity contribution in [2.75, 3.05) is 20.3 Å². The van der Waals surface area contributed by atoms with Gasteiger partial charge in [0.25, 0.3) is 0 Å². The van der Waals surface area contributed by atoms with Gasteiger partial charge in [0.05, 0.1) is 11.7 Å². The van der Waals surface area contributed by atoms with E-state index in [-0.39, 0.29) is 11.1 Å². The van der Waals surface area contributed by atoms with E-state index in [0.29, 0.717) is 6.10 Å². The molecule has 0 heterocycles. The van der Waals surface area contributed by atoms with E-state index in [0.717, 1.165) is 32.4 Å². The van der Waals surface area contributed by atoms with Crippen LogP contribution in [0.2, 0.25) is 0 Å². The molecule has 18 heavy (non-hydrogen) atoms. The number of rotatable bonds is 9. The van der Waals surface area contributed by atoms with Crippen LogP contribution < -0.4 is 5.32 Å². The standard InChI is InChI=1S/C15H33NO2/c1-8-9-13(12-16-14(2,3)4)18-11-10-15(5,6)17-7/h13,16H,8-12H2,1-7H3. The summed E-state index contributed by atoms with van der Waals surface area (Å²) in [5.41, 5.74) is 0.0649. The van der Waals surface area contributed by atoms with Gasteiger partial charge in [-0.15, -0.1) is 0 Å². The SMILES string of the molecule is CCCC(CNC(C)(C)C)OCCC(C)(C)OC. The molecule has 3 nitrogen and oxygen atoms in total. The third-order valence-corrected chi connectivity index (χ3v) is 3.08. The van der Waals surface area contributed by atoms with Crippen LogP contribution in [0.25, 0.3) is 0 Å². The monoisotopic (exact) mass is 259 g/mol. The van der Waals surface area contributed by atoms with E-state index in [2.05, 4.69) is 46.9 Å². The maximum Gasteiger partial charge on any atom is 0.0699 e. The molecule has 0 aromatic heterocycles. The predicted octanol–water partition coefficient (Wildman–Crippen LogP) is 3.37. The molecule has 0 aliphatic carbocycles. The van der Waals surface area contributed by atoms with E-state index in [9.17, 15) is 0 Å². The number of nitrogens with one attached hydrogen (secondary N) is 1. The van der Waals surface area contributed by atoms with Crippen LogP contribution in [0.4, 0.5) is 0 Å². The summed E-state index contributed by atoms with van der Waals surface area (Å²) >= 11 is 0. The second-order valence-corrected chi connectivity index (χ2v) is 6.63. The molecule has 0 aliphatic heterocycles. The maximum atomic E-state index is 5.97. The molecule has 0 aliphatic rings. The molecule has 0 radical (unpaired) electrons. The number of ether oxygens (including phenoxy) is 2. The van der Waals surface area contributed by atoms with Gasteiger partial charge in [-0.05, 0) is 47.5 Å². The third-order valence-electron chi connectivity index (χ3n) is 3.08. The van der Waals surface area contributed by atoms with Crippen molar-refractivity contribution < 1.29 is 9.47 Å². The highest BCUT2D eigenvalue weighted by atomic mass is 16.5. The first-order valence-electron chi connectivity index (χ1n) is 7.12. The molecule has 3 heteroatoms. The van der Waals surface area contributed by atoms with Crippen LogP contribution in [0.15, 0.2) is 0 Å². The van der Waals surface area contributed by atoms with Crippen LogP contribution in [0.5, 0.6) is 0 Å². The van der Waals surface area contributed by atoms with Crippen molar-refractivity contribution in [3.05, 3.63) is 0 Å². The fourth-order valence-electron chi connectivity index (χ4n) is 1.56. The molecule has 1 N–H and O–H groups in total. The van der Waals surface area contributed by atoms with Crippen molar-refractivity contribution in [1.29, 1.82) is 0 Å². The summed E-state index contributed by atoms with van der Waals surface area (Å²) in [5, 5.41) is 3.51. The zero-order chi connectivity index (χ0) is 14.2. The van der Waals surface area contributed by atoms with Crippen molar-refractivity contribution in [3.63, 3.8) is 0 Å². The fraction of sp³-hybridized carbons (Fsp3) is 1.00. The van der Waals surface area contributed by atoms with Crippen LogP contribution in [0, 0.1) is 0 Å². The first-order chi connectivity index (χ1) is 8.20. The van der Waals surface area contributed by atoms with E-state index < -0.39 is 0 Å². The van der Waals surface area contributed by atoms with Crippen LogP contribution in [0.1, 0.15) is 60.8 Å². The lowest BCUT2D eigenvalue weighted by Gasteiger charge is -2.27. The molecular weight excluding hydrogens is 226 g/mol. The van der Waals surface area contributed by atoms with Crippen molar-refractivity contribution in [2.24, 2.45) is 0 Å². The van der Waals surface area contributed by atoms with Gasteiger partial charge in [0.1, 0.15) is 0 Å². The second-order valence-electron chi connectivity index (χ2n) is 6.63. The highest BCUT2D eigenvalue weighted by molar-refractivity contribution is 4.74. The van der Waals surface area contributed by atoms with E-state index in [1.165, 1.54) is 0 Å². The minimum absolute atomic E-state index is 0.0891. The van der Waals surface area contributed by atoms with Gasteiger partial charge >= 0.3 is 0 Å². The van der Waals surface area contributed by atoms with Crippen molar-refractivity contribution in [1.82, 2.24) is 5.32 Å². The summed E-state index contributed by atoms with van der Waals surface area (Å²) in [6.45, 7) is 14.6. The topological polar surface area (TPSA) is 30.5 Å². The normalized spacial score (nSPS) is 14.8. The molecule has 0 saturated heterocycles. The lowest BCUT2D eigenvalue weighted by molar-refractivity contribution is -0.0290. The Morgan fingerprint density at radius 2 is 1.72 bits per heavy atom. The molecule has 1 unspecified atom stereocenters. The smallest absolute Gasteiger partial charge is 0.0699 e. The Hall–Kier alpha value is -0.120. The zero-order valence-electron chi connectivity index (χ0n) is 13.4. The van der Waals surface area contributed by atoms with Gasteiger partial charge in [0, 0.05) is 25.8 Å². The molecular formula is C15H33NO2. The number of hydrogen-bond acceptors (Lipinski definition) is 3. The van der Waals surface area contributed by atoms with Crippen LogP contribution >= 0.6 is 0 Å². The minimum atomic E-state index is -0.0891. The Bertz CT molecular complexity index is 209. The molecule has 1 atom stereocenters. The Kier molecular flexibility index (Phi) is 8.08. The Morgan fingerprint density at radius 3 is 2.17 bits per heavy atom. The molecule has 0 amide bonds. The van der Waals surface area contributed by atoms with Crippen molar-refractivity contribution >= 4 is 0 Å². The van der Waals surface area contributed by atoms with Gasteiger partial charge in [-0.25, -0.2) is 0 Å². The van der Waals surface area contributed by atoms with Gasteiger partial charge in [-0.1, -0.05) is 13.3 Å². The Labute approximate surface area is 114 Å². The van der Waals surface area contributed by atoms with Gasteiger partial charge < -0.3 is 14.8 Å². The summed E-state index contributed by atoms with van der Waals surface area (Å²) in [6, 6.07) is 0. The van der Waals surface area contributed by atoms with Crippen molar-refractivity contribution in [3.8, 4) is 0 Å². The van der Waals surface area contributed by atoms with Gasteiger partial charge in [0.15, 0.2) is 0 Å². The largest absolute Gasteiger partial charge is 0.379 e. The molecule has 0 spiro atoms. The lowest BCUT2D eigenvalue weighted by atomic mass is 10.1. The number of methoxy groups -OCH3 is 1. The van der Waals surface area contributed by atoms with Crippen molar-refractivity contribution in [2.45, 2.75) is 78.0 Å². The van der Waals surface area contributed by atoms with Gasteiger partial charge in [-0.2, -0.15) is 0 Å². The zero-order valence-corrected chi connectivity index (χ0v) is 13.4. The second kappa shape index (κ2) is 8.13. The summed E-state index contributed by atoms with van der Waals surface area (Å²) in [4.78, 5) is 0. The van der Waals surface area contributed by atoms with Crippen LogP contribution in [-0.2, 0) is 9.47 Å². The van der Waals surface area contributed by atoms with Gasteiger partial charge in [0.2, 0.25) is 0 Å². The average Bonchev–Trinajstić information content (AvgIpc) is 2.24. The molecule has 0 saturated carbocycles. The third kappa shape index (κ3) is 9.86. The lowest BCUT2D eigenvalue weighted by Crippen LogP contribution is -2.42. The first kappa shape index (κ1) is 17.9. The Morgan fingerprint density at radius 1 is 1.11 bits per heavy atom. The predicted molar refractivity (Wildman–Crippen MR) is 78.1 cm³/mol. The van der Waals surface area contributed by atoms with E-state index in [1.807, 2.05) is 0 Å². The molecule has 0 bridgehead atoms. The summed E-state index contributed by atoms with van der Waals surface area (Å²) < 4.78 is 11.4. The van der Waals surface area contributed by atoms with E-state index in [4.69, 9.17) is 9.47 Å². The first-order valence-corrected chi connectivity index (χ1v) is 7.12. The summed E-state index contributed by atoms with van der Waals surface area (Å²) in [5.74, 6) is 0. The van der Waals surface area contributed by atoms with Crippen LogP contribution in [-0.4, -0.2) is 37.5 Å². The van der Waals surface area contributed by atoms with Crippen LogP contribution in [0.3, 0.4) is 0 Å². The average molecular weight is 259 g/mol. The highest BCUT2D eigenvalue weighted by Crippen LogP contribution is 2.14. The molecule has 0 fully saturated rings. The van der Waals surface area contributed by atoms with Gasteiger partial charge in [-0.3, -0.25) is 0 Å². The van der Waals surface area contributed by atoms with E-state index >= 15 is 0 Å². The molecule has 0 aromatic rings. The fourth-order valence-corrected chi connectivity index (χ4v) is 1.56. The highest BCUT2D eigenvalue weighted by Gasteiger charge is 2.18. The molecule has 0 rings (SSSR count). The Balaban J connectivity index is 3.97. The molecule has 0 aromatic carbocycles. The number of hydrogen-bond donors (Lipinski definition) is 1. The minimum Gasteiger partial charge on any atom is -0.379 e. The van der Waals surface area contributed by atoms with E-state index in [1.54, 1.807) is 7.11 Å². The quantitative estimate of drug-likeness (QED) is 0.688. The summed E-state index contributed by atoms with van der Waals surface area (Å²) in [7, 11) is 1.75. The molecule has 110 valence electrons. The maximum absolute atomic E-state index is 5.97.